The van der Waals surface area contributed by atoms with Crippen molar-refractivity contribution in [1.29, 1.82) is 0 Å². The number of unbranched alkanes of at least 4 members (excludes halogenated alkanes) is 14. The second-order valence-corrected chi connectivity index (χ2v) is 9.27. The molecule has 0 aliphatic carbocycles. The standard InChI is InChI=1S/C23H50NS/c1-5-7-9-11-13-15-17-19-21-24(3,23-25-4)22-20-18-16-14-12-10-8-6-2/h5-23H2,1-4H3/q+1. The fraction of sp³-hybridized carbons (Fsp3) is 1.00. The van der Waals surface area contributed by atoms with Gasteiger partial charge in [-0.1, -0.05) is 90.9 Å². The molecule has 1 nitrogen and oxygen atoms in total. The Morgan fingerprint density at radius 1 is 0.520 bits per heavy atom. The van der Waals surface area contributed by atoms with Crippen molar-refractivity contribution in [2.24, 2.45) is 0 Å². The molecule has 0 rings (SSSR count). The molecule has 0 aromatic carbocycles. The Bertz CT molecular complexity index is 234. The zero-order valence-corrected chi connectivity index (χ0v) is 19.1. The van der Waals surface area contributed by atoms with Crippen molar-refractivity contribution in [1.82, 2.24) is 0 Å². The number of hydrogen-bond acceptors (Lipinski definition) is 1. The summed E-state index contributed by atoms with van der Waals surface area (Å²) in [6.45, 7) is 7.40. The number of hydrogen-bond donors (Lipinski definition) is 0. The van der Waals surface area contributed by atoms with Gasteiger partial charge in [-0.15, -0.1) is 11.8 Å². The molecule has 0 aliphatic rings. The zero-order valence-electron chi connectivity index (χ0n) is 18.3. The van der Waals surface area contributed by atoms with E-state index < -0.39 is 0 Å². The Labute approximate surface area is 165 Å². The van der Waals surface area contributed by atoms with Crippen LogP contribution in [0.3, 0.4) is 0 Å². The highest BCUT2D eigenvalue weighted by molar-refractivity contribution is 7.98. The molecule has 0 saturated heterocycles. The Kier molecular flexibility index (Phi) is 19.3. The first-order valence-corrected chi connectivity index (χ1v) is 12.9. The normalized spacial score (nSPS) is 12.0. The van der Waals surface area contributed by atoms with Gasteiger partial charge in [-0.05, 0) is 31.9 Å². The van der Waals surface area contributed by atoms with Crippen molar-refractivity contribution < 1.29 is 4.48 Å². The van der Waals surface area contributed by atoms with Gasteiger partial charge >= 0.3 is 0 Å². The smallest absolute Gasteiger partial charge is 0.125 e. The molecule has 152 valence electrons. The third kappa shape index (κ3) is 17.5. The summed E-state index contributed by atoms with van der Waals surface area (Å²) in [5.74, 6) is 1.30. The molecule has 0 aromatic rings. The molecule has 0 atom stereocenters. The van der Waals surface area contributed by atoms with Gasteiger partial charge in [-0.3, -0.25) is 0 Å². The van der Waals surface area contributed by atoms with Crippen molar-refractivity contribution in [2.75, 3.05) is 32.3 Å². The molecule has 0 spiro atoms. The van der Waals surface area contributed by atoms with Gasteiger partial charge in [0.2, 0.25) is 0 Å². The van der Waals surface area contributed by atoms with E-state index in [1.165, 1.54) is 126 Å². The van der Waals surface area contributed by atoms with Gasteiger partial charge in [-0.25, -0.2) is 0 Å². The van der Waals surface area contributed by atoms with E-state index in [1.807, 2.05) is 11.8 Å². The lowest BCUT2D eigenvalue weighted by Gasteiger charge is -2.34. The molecule has 0 saturated carbocycles. The highest BCUT2D eigenvalue weighted by atomic mass is 32.2. The van der Waals surface area contributed by atoms with Crippen molar-refractivity contribution in [3.05, 3.63) is 0 Å². The first kappa shape index (κ1) is 25.3. The van der Waals surface area contributed by atoms with Crippen LogP contribution < -0.4 is 0 Å². The van der Waals surface area contributed by atoms with Gasteiger partial charge < -0.3 is 4.48 Å². The summed E-state index contributed by atoms with van der Waals surface area (Å²) < 4.78 is 1.30. The molecule has 0 N–H and O–H groups in total. The Morgan fingerprint density at radius 2 is 0.840 bits per heavy atom. The summed E-state index contributed by atoms with van der Waals surface area (Å²) in [7, 11) is 2.50. The van der Waals surface area contributed by atoms with E-state index in [1.54, 1.807) is 0 Å². The molecule has 0 fully saturated rings. The van der Waals surface area contributed by atoms with Crippen LogP contribution in [0.5, 0.6) is 0 Å². The minimum Gasteiger partial charge on any atom is -0.318 e. The SMILES string of the molecule is CCCCCCCCCC[N+](C)(CCCCCCCCCC)CSC. The van der Waals surface area contributed by atoms with Crippen LogP contribution in [0.4, 0.5) is 0 Å². The summed E-state index contributed by atoms with van der Waals surface area (Å²) in [6.07, 6.45) is 25.3. The maximum atomic E-state index is 2.50. The van der Waals surface area contributed by atoms with Crippen LogP contribution in [0, 0.1) is 0 Å². The molecular weight excluding hydrogens is 322 g/mol. The molecule has 2 heteroatoms. The van der Waals surface area contributed by atoms with E-state index in [0.29, 0.717) is 0 Å². The molecule has 0 aromatic heterocycles. The van der Waals surface area contributed by atoms with Gasteiger partial charge in [0, 0.05) is 0 Å². The molecular formula is C23H50NS+. The second-order valence-electron chi connectivity index (χ2n) is 8.43. The van der Waals surface area contributed by atoms with Crippen molar-refractivity contribution >= 4 is 11.8 Å². The van der Waals surface area contributed by atoms with Gasteiger partial charge in [-0.2, -0.15) is 0 Å². The summed E-state index contributed by atoms with van der Waals surface area (Å²) in [5.41, 5.74) is 0. The third-order valence-electron chi connectivity index (χ3n) is 5.54. The third-order valence-corrected chi connectivity index (χ3v) is 6.43. The summed E-state index contributed by atoms with van der Waals surface area (Å²) in [5, 5.41) is 0. The number of rotatable bonds is 20. The average Bonchev–Trinajstić information content (AvgIpc) is 2.60. The molecule has 25 heavy (non-hydrogen) atoms. The highest BCUT2D eigenvalue weighted by Crippen LogP contribution is 2.17. The monoisotopic (exact) mass is 372 g/mol. The Balaban J connectivity index is 3.66. The predicted molar refractivity (Wildman–Crippen MR) is 120 cm³/mol. The topological polar surface area (TPSA) is 0 Å². The second kappa shape index (κ2) is 19.1. The fourth-order valence-electron chi connectivity index (χ4n) is 3.81. The fourth-order valence-corrected chi connectivity index (χ4v) is 4.69. The van der Waals surface area contributed by atoms with Gasteiger partial charge in [0.15, 0.2) is 0 Å². The van der Waals surface area contributed by atoms with E-state index in [-0.39, 0.29) is 0 Å². The quantitative estimate of drug-likeness (QED) is 0.118. The minimum atomic E-state index is 1.30. The van der Waals surface area contributed by atoms with E-state index in [0.717, 1.165) is 0 Å². The number of thioether (sulfide) groups is 1. The van der Waals surface area contributed by atoms with Gasteiger partial charge in [0.05, 0.1) is 20.1 Å². The Hall–Kier alpha value is 0.310. The van der Waals surface area contributed by atoms with Crippen LogP contribution in [0.1, 0.15) is 117 Å². The molecule has 0 amide bonds. The largest absolute Gasteiger partial charge is 0.318 e. The number of nitrogens with zero attached hydrogens (tertiary/aromatic N) is 1. The van der Waals surface area contributed by atoms with Crippen molar-refractivity contribution in [2.45, 2.75) is 117 Å². The van der Waals surface area contributed by atoms with Crippen LogP contribution in [0.15, 0.2) is 0 Å². The van der Waals surface area contributed by atoms with Crippen LogP contribution in [-0.4, -0.2) is 36.8 Å². The molecule has 0 radical (unpaired) electrons. The van der Waals surface area contributed by atoms with Crippen LogP contribution in [0.25, 0.3) is 0 Å². The summed E-state index contributed by atoms with van der Waals surface area (Å²) in [4.78, 5) is 0. The van der Waals surface area contributed by atoms with Crippen molar-refractivity contribution in [3.8, 4) is 0 Å². The minimum absolute atomic E-state index is 1.30. The van der Waals surface area contributed by atoms with Crippen LogP contribution in [-0.2, 0) is 0 Å². The van der Waals surface area contributed by atoms with E-state index in [2.05, 4.69) is 27.2 Å². The maximum Gasteiger partial charge on any atom is 0.125 e. The molecule has 0 aliphatic heterocycles. The molecule has 0 heterocycles. The summed E-state index contributed by atoms with van der Waals surface area (Å²) in [6, 6.07) is 0. The van der Waals surface area contributed by atoms with Crippen molar-refractivity contribution in [3.63, 3.8) is 0 Å². The Morgan fingerprint density at radius 3 is 1.16 bits per heavy atom. The van der Waals surface area contributed by atoms with E-state index in [9.17, 15) is 0 Å². The first-order valence-electron chi connectivity index (χ1n) is 11.5. The summed E-state index contributed by atoms with van der Waals surface area (Å²) >= 11 is 2.04. The lowest BCUT2D eigenvalue weighted by Crippen LogP contribution is -2.45. The highest BCUT2D eigenvalue weighted by Gasteiger charge is 2.19. The van der Waals surface area contributed by atoms with E-state index >= 15 is 0 Å². The van der Waals surface area contributed by atoms with Gasteiger partial charge in [0.1, 0.15) is 5.88 Å². The van der Waals surface area contributed by atoms with Crippen LogP contribution in [0.2, 0.25) is 0 Å². The predicted octanol–water partition coefficient (Wildman–Crippen LogP) is 8.03. The molecule has 0 bridgehead atoms. The van der Waals surface area contributed by atoms with E-state index in [4.69, 9.17) is 0 Å². The molecule has 0 unspecified atom stereocenters. The maximum absolute atomic E-state index is 2.50. The number of quaternary nitrogens is 1. The average molecular weight is 373 g/mol. The van der Waals surface area contributed by atoms with Crippen LogP contribution >= 0.6 is 11.8 Å². The zero-order chi connectivity index (χ0) is 18.6. The lowest BCUT2D eigenvalue weighted by atomic mass is 10.1. The first-order chi connectivity index (χ1) is 12.2. The lowest BCUT2D eigenvalue weighted by molar-refractivity contribution is -0.897. The van der Waals surface area contributed by atoms with Gasteiger partial charge in [0.25, 0.3) is 0 Å².